The number of rotatable bonds is 7. The maximum atomic E-state index is 12.6. The van der Waals surface area contributed by atoms with Crippen LogP contribution < -0.4 is 10.6 Å². The maximum Gasteiger partial charge on any atom is 0.220 e. The summed E-state index contributed by atoms with van der Waals surface area (Å²) in [6, 6.07) is 11.9. The van der Waals surface area contributed by atoms with Gasteiger partial charge in [0.25, 0.3) is 0 Å². The van der Waals surface area contributed by atoms with E-state index in [2.05, 4.69) is 53.9 Å². The van der Waals surface area contributed by atoms with Crippen LogP contribution in [-0.2, 0) is 11.2 Å². The lowest BCUT2D eigenvalue weighted by atomic mass is 9.89. The average Bonchev–Trinajstić information content (AvgIpc) is 2.86. The molecule has 2 fully saturated rings. The van der Waals surface area contributed by atoms with Gasteiger partial charge in [0.15, 0.2) is 0 Å². The van der Waals surface area contributed by atoms with Gasteiger partial charge in [-0.25, -0.2) is 0 Å². The van der Waals surface area contributed by atoms with Crippen LogP contribution in [-0.4, -0.2) is 49.6 Å². The van der Waals surface area contributed by atoms with Gasteiger partial charge in [-0.3, -0.25) is 4.79 Å². The SMILES string of the molecule is CN(C)CC(Cc1ccccc1)NC(=O)CC1CC2CCC(C1)N2. The molecule has 4 nitrogen and oxygen atoms in total. The van der Waals surface area contributed by atoms with Crippen LogP contribution >= 0.6 is 0 Å². The summed E-state index contributed by atoms with van der Waals surface area (Å²) in [6.45, 7) is 0.873. The topological polar surface area (TPSA) is 44.4 Å². The van der Waals surface area contributed by atoms with Gasteiger partial charge < -0.3 is 15.5 Å². The molecule has 24 heavy (non-hydrogen) atoms. The molecule has 0 spiro atoms. The summed E-state index contributed by atoms with van der Waals surface area (Å²) < 4.78 is 0. The van der Waals surface area contributed by atoms with E-state index in [0.717, 1.165) is 13.0 Å². The Morgan fingerprint density at radius 2 is 1.88 bits per heavy atom. The zero-order valence-corrected chi connectivity index (χ0v) is 15.0. The molecule has 1 aromatic rings. The van der Waals surface area contributed by atoms with Gasteiger partial charge in [-0.1, -0.05) is 30.3 Å². The Hall–Kier alpha value is -1.39. The fourth-order valence-electron chi connectivity index (χ4n) is 4.39. The van der Waals surface area contributed by atoms with E-state index in [4.69, 9.17) is 0 Å². The number of carbonyl (C=O) groups excluding carboxylic acids is 1. The molecule has 2 heterocycles. The normalized spacial score (nSPS) is 27.2. The predicted molar refractivity (Wildman–Crippen MR) is 97.9 cm³/mol. The van der Waals surface area contributed by atoms with E-state index in [9.17, 15) is 4.79 Å². The Morgan fingerprint density at radius 1 is 1.21 bits per heavy atom. The number of nitrogens with one attached hydrogen (secondary N) is 2. The summed E-state index contributed by atoms with van der Waals surface area (Å²) >= 11 is 0. The number of hydrogen-bond acceptors (Lipinski definition) is 3. The number of nitrogens with zero attached hydrogens (tertiary/aromatic N) is 1. The van der Waals surface area contributed by atoms with E-state index < -0.39 is 0 Å². The molecule has 0 saturated carbocycles. The van der Waals surface area contributed by atoms with E-state index in [1.54, 1.807) is 0 Å². The highest BCUT2D eigenvalue weighted by Gasteiger charge is 2.34. The van der Waals surface area contributed by atoms with Crippen molar-refractivity contribution in [3.63, 3.8) is 0 Å². The molecule has 2 bridgehead atoms. The van der Waals surface area contributed by atoms with Crippen LogP contribution in [0.4, 0.5) is 0 Å². The van der Waals surface area contributed by atoms with Crippen LogP contribution in [0.25, 0.3) is 0 Å². The third kappa shape index (κ3) is 5.05. The molecular weight excluding hydrogens is 298 g/mol. The standard InChI is InChI=1S/C20H31N3O/c1-23(2)14-19(10-15-6-4-3-5-7-15)22-20(24)13-16-11-17-8-9-18(12-16)21-17/h3-7,16-19,21H,8-14H2,1-2H3,(H,22,24). The molecule has 1 amide bonds. The minimum absolute atomic E-state index is 0.174. The number of piperidine rings is 1. The first kappa shape index (κ1) is 17.4. The van der Waals surface area contributed by atoms with E-state index in [0.29, 0.717) is 24.4 Å². The molecule has 2 N–H and O–H groups in total. The highest BCUT2D eigenvalue weighted by molar-refractivity contribution is 5.76. The van der Waals surface area contributed by atoms with Crippen LogP contribution in [0, 0.1) is 5.92 Å². The van der Waals surface area contributed by atoms with Crippen molar-refractivity contribution in [1.82, 2.24) is 15.5 Å². The van der Waals surface area contributed by atoms with E-state index in [1.165, 1.54) is 31.2 Å². The van der Waals surface area contributed by atoms with E-state index in [1.807, 2.05) is 6.07 Å². The molecule has 0 aromatic heterocycles. The summed E-state index contributed by atoms with van der Waals surface area (Å²) in [5.41, 5.74) is 1.28. The Kier molecular flexibility index (Phi) is 5.90. The molecule has 3 atom stereocenters. The van der Waals surface area contributed by atoms with Crippen molar-refractivity contribution in [2.45, 2.75) is 56.7 Å². The molecule has 3 unspecified atom stereocenters. The minimum Gasteiger partial charge on any atom is -0.352 e. The smallest absolute Gasteiger partial charge is 0.220 e. The number of amides is 1. The lowest BCUT2D eigenvalue weighted by Gasteiger charge is -2.29. The van der Waals surface area contributed by atoms with Crippen molar-refractivity contribution in [3.05, 3.63) is 35.9 Å². The second kappa shape index (κ2) is 8.13. The van der Waals surface area contributed by atoms with Crippen molar-refractivity contribution in [3.8, 4) is 0 Å². The zero-order valence-electron chi connectivity index (χ0n) is 15.0. The van der Waals surface area contributed by atoms with Crippen molar-refractivity contribution >= 4 is 5.91 Å². The molecule has 3 rings (SSSR count). The lowest BCUT2D eigenvalue weighted by Crippen LogP contribution is -2.45. The first-order valence-electron chi connectivity index (χ1n) is 9.32. The van der Waals surface area contributed by atoms with Crippen molar-refractivity contribution in [2.24, 2.45) is 5.92 Å². The Morgan fingerprint density at radius 3 is 2.50 bits per heavy atom. The third-order valence-corrected chi connectivity index (χ3v) is 5.32. The molecule has 1 aromatic carbocycles. The molecule has 2 aliphatic rings. The van der Waals surface area contributed by atoms with Crippen molar-refractivity contribution in [1.29, 1.82) is 0 Å². The number of benzene rings is 1. The minimum atomic E-state index is 0.174. The number of hydrogen-bond donors (Lipinski definition) is 2. The largest absolute Gasteiger partial charge is 0.352 e. The van der Waals surface area contributed by atoms with Gasteiger partial charge in [-0.15, -0.1) is 0 Å². The van der Waals surface area contributed by atoms with Crippen LogP contribution in [0.1, 0.15) is 37.7 Å². The number of likely N-dealkylation sites (N-methyl/N-ethyl adjacent to an activating group) is 1. The number of carbonyl (C=O) groups is 1. The zero-order chi connectivity index (χ0) is 16.9. The van der Waals surface area contributed by atoms with Crippen LogP contribution in [0.5, 0.6) is 0 Å². The highest BCUT2D eigenvalue weighted by atomic mass is 16.1. The maximum absolute atomic E-state index is 12.6. The molecule has 0 radical (unpaired) electrons. The third-order valence-electron chi connectivity index (χ3n) is 5.32. The van der Waals surface area contributed by atoms with Gasteiger partial charge in [0.05, 0.1) is 0 Å². The Bertz CT molecular complexity index is 519. The van der Waals surface area contributed by atoms with Crippen LogP contribution in [0.3, 0.4) is 0 Å². The quantitative estimate of drug-likeness (QED) is 0.806. The number of fused-ring (bicyclic) bond motifs is 2. The second-order valence-corrected chi connectivity index (χ2v) is 7.90. The summed E-state index contributed by atoms with van der Waals surface area (Å²) in [4.78, 5) is 14.7. The van der Waals surface area contributed by atoms with Crippen LogP contribution in [0.2, 0.25) is 0 Å². The van der Waals surface area contributed by atoms with E-state index >= 15 is 0 Å². The predicted octanol–water partition coefficient (Wildman–Crippen LogP) is 2.20. The van der Waals surface area contributed by atoms with Crippen molar-refractivity contribution < 1.29 is 4.79 Å². The molecule has 4 heteroatoms. The van der Waals surface area contributed by atoms with Gasteiger partial charge in [-0.2, -0.15) is 0 Å². The van der Waals surface area contributed by atoms with Gasteiger partial charge in [-0.05, 0) is 57.7 Å². The van der Waals surface area contributed by atoms with Crippen molar-refractivity contribution in [2.75, 3.05) is 20.6 Å². The summed E-state index contributed by atoms with van der Waals surface area (Å²) in [5, 5.41) is 6.95. The lowest BCUT2D eigenvalue weighted by molar-refractivity contribution is -0.123. The molecule has 0 aliphatic carbocycles. The fraction of sp³-hybridized carbons (Fsp3) is 0.650. The summed E-state index contributed by atoms with van der Waals surface area (Å²) in [7, 11) is 4.13. The molecule has 2 saturated heterocycles. The first-order valence-corrected chi connectivity index (χ1v) is 9.32. The summed E-state index contributed by atoms with van der Waals surface area (Å²) in [5.74, 6) is 0.782. The molecule has 132 valence electrons. The van der Waals surface area contributed by atoms with E-state index in [-0.39, 0.29) is 11.9 Å². The fourth-order valence-corrected chi connectivity index (χ4v) is 4.39. The Balaban J connectivity index is 1.52. The van der Waals surface area contributed by atoms with Gasteiger partial charge in [0.1, 0.15) is 0 Å². The molecule has 2 aliphatic heterocycles. The van der Waals surface area contributed by atoms with Gasteiger partial charge >= 0.3 is 0 Å². The second-order valence-electron chi connectivity index (χ2n) is 7.90. The highest BCUT2D eigenvalue weighted by Crippen LogP contribution is 2.32. The Labute approximate surface area is 146 Å². The monoisotopic (exact) mass is 329 g/mol. The molecular formula is C20H31N3O. The van der Waals surface area contributed by atoms with Crippen LogP contribution in [0.15, 0.2) is 30.3 Å². The summed E-state index contributed by atoms with van der Waals surface area (Å²) in [6.07, 6.45) is 6.50. The van der Waals surface area contributed by atoms with Gasteiger partial charge in [0, 0.05) is 31.1 Å². The van der Waals surface area contributed by atoms with Gasteiger partial charge in [0.2, 0.25) is 5.91 Å². The first-order chi connectivity index (χ1) is 11.6. The average molecular weight is 329 g/mol.